The quantitative estimate of drug-likeness (QED) is 0.588. The van der Waals surface area contributed by atoms with Gasteiger partial charge in [-0.05, 0) is 24.8 Å². The maximum Gasteiger partial charge on any atom is 0.0640 e. The third-order valence-corrected chi connectivity index (χ3v) is 4.62. The maximum atomic E-state index is 5.72. The van der Waals surface area contributed by atoms with E-state index in [0.29, 0.717) is 18.0 Å². The van der Waals surface area contributed by atoms with E-state index in [1.807, 2.05) is 0 Å². The molecular weight excluding hydrogens is 236 g/mol. The van der Waals surface area contributed by atoms with E-state index in [1.54, 1.807) is 0 Å². The van der Waals surface area contributed by atoms with Crippen molar-refractivity contribution in [3.05, 3.63) is 18.0 Å². The van der Waals surface area contributed by atoms with Crippen LogP contribution in [0.15, 0.2) is 12.3 Å². The summed E-state index contributed by atoms with van der Waals surface area (Å²) in [6.07, 6.45) is 10.7. The molecule has 1 aliphatic rings. The number of aromatic nitrogens is 2. The highest BCUT2D eigenvalue weighted by Crippen LogP contribution is 2.29. The zero-order valence-corrected chi connectivity index (χ0v) is 12.3. The van der Waals surface area contributed by atoms with Crippen LogP contribution in [0.4, 0.5) is 0 Å². The van der Waals surface area contributed by atoms with Crippen molar-refractivity contribution in [1.82, 2.24) is 15.2 Å². The van der Waals surface area contributed by atoms with Crippen LogP contribution in [-0.2, 0) is 6.42 Å². The minimum absolute atomic E-state index is 0.335. The van der Waals surface area contributed by atoms with Crippen molar-refractivity contribution in [2.75, 3.05) is 0 Å². The highest BCUT2D eigenvalue weighted by molar-refractivity contribution is 5.03. The van der Waals surface area contributed by atoms with Crippen LogP contribution in [0.25, 0.3) is 0 Å². The molecule has 4 heteroatoms. The number of hydrazine groups is 1. The summed E-state index contributed by atoms with van der Waals surface area (Å²) in [4.78, 5) is 0. The first-order valence-electron chi connectivity index (χ1n) is 7.78. The van der Waals surface area contributed by atoms with Crippen LogP contribution in [0.1, 0.15) is 64.1 Å². The first-order chi connectivity index (χ1) is 9.28. The van der Waals surface area contributed by atoms with E-state index in [4.69, 9.17) is 10.9 Å². The van der Waals surface area contributed by atoms with Gasteiger partial charge in [0, 0.05) is 18.7 Å². The fraction of sp³-hybridized carbons (Fsp3) is 0.800. The summed E-state index contributed by atoms with van der Waals surface area (Å²) in [5, 5.41) is 4.75. The zero-order chi connectivity index (χ0) is 13.7. The topological polar surface area (TPSA) is 55.9 Å². The molecule has 1 aromatic heterocycles. The lowest BCUT2D eigenvalue weighted by atomic mass is 9.91. The minimum atomic E-state index is 0.335. The van der Waals surface area contributed by atoms with Gasteiger partial charge in [0.25, 0.3) is 0 Å². The second-order valence-electron chi connectivity index (χ2n) is 5.78. The van der Waals surface area contributed by atoms with Crippen LogP contribution >= 0.6 is 0 Å². The molecule has 1 saturated carbocycles. The second kappa shape index (κ2) is 7.06. The maximum absolute atomic E-state index is 5.72. The lowest BCUT2D eigenvalue weighted by molar-refractivity contribution is 0.332. The van der Waals surface area contributed by atoms with Gasteiger partial charge in [0.1, 0.15) is 0 Å². The molecule has 0 radical (unpaired) electrons. The summed E-state index contributed by atoms with van der Waals surface area (Å²) >= 11 is 0. The van der Waals surface area contributed by atoms with E-state index in [9.17, 15) is 0 Å². The van der Waals surface area contributed by atoms with E-state index in [1.165, 1.54) is 31.4 Å². The Labute approximate surface area is 116 Å². The largest absolute Gasteiger partial charge is 0.271 e. The molecule has 3 N–H and O–H groups in total. The SMILES string of the molecule is CCC(CC)C(Cc1ccn(C2CCCC2)n1)NN. The smallest absolute Gasteiger partial charge is 0.0640 e. The number of hydrogen-bond acceptors (Lipinski definition) is 3. The fourth-order valence-electron chi connectivity index (χ4n) is 3.30. The Hall–Kier alpha value is -0.870. The molecule has 108 valence electrons. The number of nitrogens with two attached hydrogens (primary N) is 1. The van der Waals surface area contributed by atoms with E-state index >= 15 is 0 Å². The molecule has 1 atom stereocenters. The molecule has 0 bridgehead atoms. The van der Waals surface area contributed by atoms with E-state index in [-0.39, 0.29) is 0 Å². The van der Waals surface area contributed by atoms with Crippen molar-refractivity contribution in [3.63, 3.8) is 0 Å². The summed E-state index contributed by atoms with van der Waals surface area (Å²) < 4.78 is 2.17. The molecule has 4 nitrogen and oxygen atoms in total. The van der Waals surface area contributed by atoms with E-state index < -0.39 is 0 Å². The van der Waals surface area contributed by atoms with Crippen molar-refractivity contribution in [1.29, 1.82) is 0 Å². The average Bonchev–Trinajstić information content (AvgIpc) is 3.09. The third-order valence-electron chi connectivity index (χ3n) is 4.62. The molecule has 1 heterocycles. The van der Waals surface area contributed by atoms with Crippen LogP contribution in [0, 0.1) is 5.92 Å². The highest BCUT2D eigenvalue weighted by Gasteiger charge is 2.21. The summed E-state index contributed by atoms with van der Waals surface area (Å²) in [6, 6.07) is 3.12. The molecule has 0 aromatic carbocycles. The van der Waals surface area contributed by atoms with Crippen molar-refractivity contribution in [2.45, 2.75) is 70.9 Å². The van der Waals surface area contributed by atoms with Gasteiger partial charge in [-0.1, -0.05) is 39.5 Å². The van der Waals surface area contributed by atoms with Crippen LogP contribution in [0.5, 0.6) is 0 Å². The molecule has 1 aliphatic carbocycles. The van der Waals surface area contributed by atoms with Crippen molar-refractivity contribution in [2.24, 2.45) is 11.8 Å². The predicted molar refractivity (Wildman–Crippen MR) is 78.6 cm³/mol. The summed E-state index contributed by atoms with van der Waals surface area (Å²) in [5.74, 6) is 6.34. The molecule has 1 unspecified atom stereocenters. The van der Waals surface area contributed by atoms with Crippen molar-refractivity contribution < 1.29 is 0 Å². The third kappa shape index (κ3) is 3.57. The van der Waals surface area contributed by atoms with E-state index in [0.717, 1.165) is 19.3 Å². The van der Waals surface area contributed by atoms with Crippen LogP contribution < -0.4 is 11.3 Å². The molecule has 2 rings (SSSR count). The van der Waals surface area contributed by atoms with Crippen LogP contribution in [-0.4, -0.2) is 15.8 Å². The number of nitrogens with zero attached hydrogens (tertiary/aromatic N) is 2. The Morgan fingerprint density at radius 1 is 1.37 bits per heavy atom. The molecule has 0 aliphatic heterocycles. The molecule has 1 fully saturated rings. The Balaban J connectivity index is 1.97. The monoisotopic (exact) mass is 264 g/mol. The number of nitrogens with one attached hydrogen (secondary N) is 1. The van der Waals surface area contributed by atoms with Gasteiger partial charge < -0.3 is 0 Å². The highest BCUT2D eigenvalue weighted by atomic mass is 15.3. The molecule has 0 spiro atoms. The second-order valence-corrected chi connectivity index (χ2v) is 5.78. The molecule has 1 aromatic rings. The molecular formula is C15H28N4. The molecule has 0 amide bonds. The van der Waals surface area contributed by atoms with Gasteiger partial charge in [-0.15, -0.1) is 0 Å². The fourth-order valence-corrected chi connectivity index (χ4v) is 3.30. The first kappa shape index (κ1) is 14.5. The normalized spacial score (nSPS) is 18.3. The summed E-state index contributed by atoms with van der Waals surface area (Å²) in [7, 11) is 0. The Kier molecular flexibility index (Phi) is 5.40. The van der Waals surface area contributed by atoms with Gasteiger partial charge in [0.05, 0.1) is 11.7 Å². The van der Waals surface area contributed by atoms with Crippen LogP contribution in [0.2, 0.25) is 0 Å². The van der Waals surface area contributed by atoms with Crippen LogP contribution in [0.3, 0.4) is 0 Å². The number of hydrogen-bond donors (Lipinski definition) is 2. The van der Waals surface area contributed by atoms with Gasteiger partial charge in [-0.3, -0.25) is 16.0 Å². The average molecular weight is 264 g/mol. The van der Waals surface area contributed by atoms with Gasteiger partial charge in [0.15, 0.2) is 0 Å². The predicted octanol–water partition coefficient (Wildman–Crippen LogP) is 2.81. The van der Waals surface area contributed by atoms with Gasteiger partial charge in [-0.25, -0.2) is 0 Å². The first-order valence-corrected chi connectivity index (χ1v) is 7.78. The molecule has 0 saturated heterocycles. The Morgan fingerprint density at radius 2 is 2.05 bits per heavy atom. The minimum Gasteiger partial charge on any atom is -0.271 e. The van der Waals surface area contributed by atoms with Gasteiger partial charge >= 0.3 is 0 Å². The lowest BCUT2D eigenvalue weighted by Gasteiger charge is -2.23. The van der Waals surface area contributed by atoms with Gasteiger partial charge in [0.2, 0.25) is 0 Å². The van der Waals surface area contributed by atoms with Crippen molar-refractivity contribution in [3.8, 4) is 0 Å². The standard InChI is InChI=1S/C15H28N4/c1-3-12(4-2)15(17-16)11-13-9-10-19(18-13)14-7-5-6-8-14/h9-10,12,14-15,17H,3-8,11,16H2,1-2H3. The lowest BCUT2D eigenvalue weighted by Crippen LogP contribution is -2.42. The summed E-state index contributed by atoms with van der Waals surface area (Å²) in [6.45, 7) is 4.46. The Bertz CT molecular complexity index is 364. The Morgan fingerprint density at radius 3 is 2.63 bits per heavy atom. The van der Waals surface area contributed by atoms with Gasteiger partial charge in [-0.2, -0.15) is 5.10 Å². The number of rotatable bonds is 7. The zero-order valence-electron chi connectivity index (χ0n) is 12.3. The van der Waals surface area contributed by atoms with Crippen molar-refractivity contribution >= 4 is 0 Å². The summed E-state index contributed by atoms with van der Waals surface area (Å²) in [5.41, 5.74) is 4.15. The molecule has 19 heavy (non-hydrogen) atoms. The van der Waals surface area contributed by atoms with E-state index in [2.05, 4.69) is 36.2 Å².